The van der Waals surface area contributed by atoms with Crippen molar-refractivity contribution in [3.63, 3.8) is 0 Å². The highest BCUT2D eigenvalue weighted by Crippen LogP contribution is 2.28. The number of unbranched alkanes of at least 4 members (excludes halogenated alkanes) is 1. The Morgan fingerprint density at radius 1 is 0.968 bits per heavy atom. The van der Waals surface area contributed by atoms with Gasteiger partial charge in [0.2, 0.25) is 0 Å². The lowest BCUT2D eigenvalue weighted by Gasteiger charge is -2.36. The van der Waals surface area contributed by atoms with Crippen LogP contribution in [0.5, 0.6) is 11.5 Å². The van der Waals surface area contributed by atoms with Gasteiger partial charge in [0.15, 0.2) is 0 Å². The number of anilines is 1. The average molecular weight is 422 g/mol. The molecule has 7 nitrogen and oxygen atoms in total. The van der Waals surface area contributed by atoms with E-state index >= 15 is 0 Å². The molecule has 2 aromatic carbocycles. The Hall–Kier alpha value is -3.06. The molecule has 0 unspecified atom stereocenters. The second-order valence-electron chi connectivity index (χ2n) is 7.80. The molecule has 3 aromatic rings. The van der Waals surface area contributed by atoms with Gasteiger partial charge < -0.3 is 14.4 Å². The van der Waals surface area contributed by atoms with Gasteiger partial charge in [-0.15, -0.1) is 5.10 Å². The van der Waals surface area contributed by atoms with Crippen LogP contribution in [0.3, 0.4) is 0 Å². The van der Waals surface area contributed by atoms with E-state index in [2.05, 4.69) is 44.4 Å². The molecular weight excluding hydrogens is 390 g/mol. The van der Waals surface area contributed by atoms with E-state index in [9.17, 15) is 0 Å². The summed E-state index contributed by atoms with van der Waals surface area (Å²) < 4.78 is 13.3. The van der Waals surface area contributed by atoms with Crippen molar-refractivity contribution in [1.29, 1.82) is 0 Å². The first-order valence-corrected chi connectivity index (χ1v) is 11.0. The van der Waals surface area contributed by atoms with Crippen molar-refractivity contribution in [2.45, 2.75) is 19.4 Å². The fourth-order valence-corrected chi connectivity index (χ4v) is 3.97. The molecule has 0 bridgehead atoms. The fraction of sp³-hybridized carbons (Fsp3) is 0.417. The van der Waals surface area contributed by atoms with Crippen LogP contribution in [0.2, 0.25) is 0 Å². The number of methoxy groups -OCH3 is 1. The van der Waals surface area contributed by atoms with Crippen LogP contribution in [-0.4, -0.2) is 66.3 Å². The second kappa shape index (κ2) is 10.8. The zero-order chi connectivity index (χ0) is 21.3. The number of piperazine rings is 1. The van der Waals surface area contributed by atoms with Crippen LogP contribution in [-0.2, 0) is 6.54 Å². The first-order valence-electron chi connectivity index (χ1n) is 11.0. The minimum Gasteiger partial charge on any atom is -0.495 e. The molecule has 1 aliphatic rings. The van der Waals surface area contributed by atoms with Crippen LogP contribution in [0.1, 0.15) is 18.4 Å². The minimum absolute atomic E-state index is 0.706. The van der Waals surface area contributed by atoms with Gasteiger partial charge in [0, 0.05) is 32.4 Å². The number of hydrogen-bond acceptors (Lipinski definition) is 6. The molecule has 0 radical (unpaired) electrons. The summed E-state index contributed by atoms with van der Waals surface area (Å²) in [6.45, 7) is 6.82. The molecule has 0 saturated carbocycles. The molecule has 1 aromatic heterocycles. The van der Waals surface area contributed by atoms with Gasteiger partial charge in [-0.05, 0) is 49.2 Å². The third kappa shape index (κ3) is 5.98. The molecular formula is C24H31N5O2. The maximum absolute atomic E-state index is 5.97. The number of rotatable bonds is 10. The van der Waals surface area contributed by atoms with Crippen LogP contribution < -0.4 is 14.4 Å². The third-order valence-corrected chi connectivity index (χ3v) is 5.65. The van der Waals surface area contributed by atoms with Crippen molar-refractivity contribution < 1.29 is 9.47 Å². The normalized spacial score (nSPS) is 14.5. The van der Waals surface area contributed by atoms with Gasteiger partial charge in [-0.25, -0.2) is 4.68 Å². The van der Waals surface area contributed by atoms with E-state index in [1.165, 1.54) is 5.69 Å². The summed E-state index contributed by atoms with van der Waals surface area (Å²) in [6.07, 6.45) is 5.76. The molecule has 1 fully saturated rings. The zero-order valence-corrected chi connectivity index (χ0v) is 18.2. The molecule has 0 spiro atoms. The van der Waals surface area contributed by atoms with Crippen LogP contribution in [0.25, 0.3) is 0 Å². The molecule has 164 valence electrons. The van der Waals surface area contributed by atoms with E-state index in [4.69, 9.17) is 9.47 Å². The SMILES string of the molecule is COc1ccccc1N1CCN(CCCCOc2cccc(Cn3ccnn3)c2)CC1. The van der Waals surface area contributed by atoms with Crippen molar-refractivity contribution in [1.82, 2.24) is 19.9 Å². The van der Waals surface area contributed by atoms with Crippen LogP contribution >= 0.6 is 0 Å². The number of nitrogens with zero attached hydrogens (tertiary/aromatic N) is 5. The average Bonchev–Trinajstić information content (AvgIpc) is 3.32. The summed E-state index contributed by atoms with van der Waals surface area (Å²) in [5, 5.41) is 7.86. The quantitative estimate of drug-likeness (QED) is 0.468. The van der Waals surface area contributed by atoms with E-state index in [-0.39, 0.29) is 0 Å². The molecule has 4 rings (SSSR count). The van der Waals surface area contributed by atoms with Crippen molar-refractivity contribution in [2.75, 3.05) is 51.3 Å². The van der Waals surface area contributed by atoms with Crippen LogP contribution in [0.4, 0.5) is 5.69 Å². The summed E-state index contributed by atoms with van der Waals surface area (Å²) in [7, 11) is 1.74. The van der Waals surface area contributed by atoms with Gasteiger partial charge in [-0.3, -0.25) is 4.90 Å². The molecule has 2 heterocycles. The van der Waals surface area contributed by atoms with Crippen molar-refractivity contribution in [3.8, 4) is 11.5 Å². The molecule has 7 heteroatoms. The largest absolute Gasteiger partial charge is 0.495 e. The summed E-state index contributed by atoms with van der Waals surface area (Å²) >= 11 is 0. The van der Waals surface area contributed by atoms with Gasteiger partial charge in [0.1, 0.15) is 11.5 Å². The van der Waals surface area contributed by atoms with Crippen LogP contribution in [0.15, 0.2) is 60.9 Å². The Labute approximate surface area is 184 Å². The Bertz CT molecular complexity index is 923. The first-order chi connectivity index (χ1) is 15.3. The van der Waals surface area contributed by atoms with Gasteiger partial charge in [0.05, 0.1) is 32.1 Å². The third-order valence-electron chi connectivity index (χ3n) is 5.65. The number of hydrogen-bond donors (Lipinski definition) is 0. The number of ether oxygens (including phenoxy) is 2. The standard InChI is InChI=1S/C24H31N5O2/c1-30-24-10-3-2-9-23(24)28-16-14-27(15-17-28)12-4-5-18-31-22-8-6-7-21(19-22)20-29-13-11-25-26-29/h2-3,6-11,13,19H,4-5,12,14-18,20H2,1H3. The first kappa shape index (κ1) is 21.2. The highest BCUT2D eigenvalue weighted by atomic mass is 16.5. The number of aromatic nitrogens is 3. The Morgan fingerprint density at radius 3 is 2.65 bits per heavy atom. The number of benzene rings is 2. The molecule has 1 saturated heterocycles. The summed E-state index contributed by atoms with van der Waals surface area (Å²) in [4.78, 5) is 4.97. The van der Waals surface area contributed by atoms with Crippen molar-refractivity contribution in [2.24, 2.45) is 0 Å². The van der Waals surface area contributed by atoms with E-state index in [0.717, 1.165) is 69.2 Å². The predicted molar refractivity (Wildman–Crippen MR) is 122 cm³/mol. The smallest absolute Gasteiger partial charge is 0.142 e. The lowest BCUT2D eigenvalue weighted by molar-refractivity contribution is 0.238. The topological polar surface area (TPSA) is 55.7 Å². The molecule has 0 N–H and O–H groups in total. The number of para-hydroxylation sites is 2. The van der Waals surface area contributed by atoms with Crippen LogP contribution in [0, 0.1) is 0 Å². The molecule has 31 heavy (non-hydrogen) atoms. The van der Waals surface area contributed by atoms with E-state index in [1.807, 2.05) is 35.1 Å². The Kier molecular flexibility index (Phi) is 7.39. The van der Waals surface area contributed by atoms with E-state index < -0.39 is 0 Å². The molecule has 1 aliphatic heterocycles. The molecule has 0 aliphatic carbocycles. The van der Waals surface area contributed by atoms with Crippen molar-refractivity contribution >= 4 is 5.69 Å². The highest BCUT2D eigenvalue weighted by Gasteiger charge is 2.19. The maximum Gasteiger partial charge on any atom is 0.142 e. The van der Waals surface area contributed by atoms with Gasteiger partial charge in [-0.2, -0.15) is 0 Å². The Morgan fingerprint density at radius 2 is 1.84 bits per heavy atom. The molecule has 0 amide bonds. The summed E-state index contributed by atoms with van der Waals surface area (Å²) in [5.74, 6) is 1.88. The lowest BCUT2D eigenvalue weighted by Crippen LogP contribution is -2.46. The summed E-state index contributed by atoms with van der Waals surface area (Å²) in [5.41, 5.74) is 2.36. The van der Waals surface area contributed by atoms with Gasteiger partial charge in [0.25, 0.3) is 0 Å². The monoisotopic (exact) mass is 421 g/mol. The Balaban J connectivity index is 1.14. The fourth-order valence-electron chi connectivity index (χ4n) is 3.97. The zero-order valence-electron chi connectivity index (χ0n) is 18.2. The van der Waals surface area contributed by atoms with Crippen molar-refractivity contribution in [3.05, 3.63) is 66.5 Å². The minimum atomic E-state index is 0.706. The predicted octanol–water partition coefficient (Wildman–Crippen LogP) is 3.32. The van der Waals surface area contributed by atoms with Gasteiger partial charge in [-0.1, -0.05) is 29.5 Å². The molecule has 0 atom stereocenters. The van der Waals surface area contributed by atoms with E-state index in [1.54, 1.807) is 13.3 Å². The maximum atomic E-state index is 5.97. The second-order valence-corrected chi connectivity index (χ2v) is 7.80. The van der Waals surface area contributed by atoms with E-state index in [0.29, 0.717) is 6.54 Å². The highest BCUT2D eigenvalue weighted by molar-refractivity contribution is 5.58. The van der Waals surface area contributed by atoms with Gasteiger partial charge >= 0.3 is 0 Å². The lowest BCUT2D eigenvalue weighted by atomic mass is 10.2. The summed E-state index contributed by atoms with van der Waals surface area (Å²) in [6, 6.07) is 16.5.